The molecule has 0 bridgehead atoms. The molecular formula is C15H13BrFNO3. The fourth-order valence-corrected chi connectivity index (χ4v) is 2.43. The van der Waals surface area contributed by atoms with E-state index in [1.165, 1.54) is 12.1 Å². The van der Waals surface area contributed by atoms with E-state index in [1.54, 1.807) is 0 Å². The lowest BCUT2D eigenvalue weighted by Gasteiger charge is -2.16. The summed E-state index contributed by atoms with van der Waals surface area (Å²) in [5.74, 6) is -0.645. The van der Waals surface area contributed by atoms with Crippen molar-refractivity contribution in [3.05, 3.63) is 70.0 Å². The van der Waals surface area contributed by atoms with Gasteiger partial charge in [-0.15, -0.1) is 0 Å². The van der Waals surface area contributed by atoms with E-state index in [0.29, 0.717) is 5.33 Å². The molecule has 2 aromatic rings. The van der Waals surface area contributed by atoms with E-state index in [1.807, 2.05) is 30.3 Å². The normalized spacial score (nSPS) is 11.9. The van der Waals surface area contributed by atoms with Crippen molar-refractivity contribution in [2.75, 3.05) is 11.9 Å². The Labute approximate surface area is 129 Å². The Bertz CT molecular complexity index is 622. The van der Waals surface area contributed by atoms with Crippen LogP contribution in [0, 0.1) is 15.9 Å². The Morgan fingerprint density at radius 3 is 2.52 bits per heavy atom. The Balaban J connectivity index is 2.07. The average Bonchev–Trinajstić information content (AvgIpc) is 2.50. The molecular weight excluding hydrogens is 341 g/mol. The van der Waals surface area contributed by atoms with Crippen LogP contribution in [0.4, 0.5) is 10.1 Å². The van der Waals surface area contributed by atoms with E-state index >= 15 is 0 Å². The number of hydrogen-bond donors (Lipinski definition) is 0. The SMILES string of the molecule is O=[N+]([O-])c1ccc(OCC(CBr)c2ccccc2)c(F)c1. The molecule has 0 heterocycles. The van der Waals surface area contributed by atoms with Gasteiger partial charge in [0.25, 0.3) is 5.69 Å². The third-order valence-electron chi connectivity index (χ3n) is 3.02. The van der Waals surface area contributed by atoms with Gasteiger partial charge in [-0.05, 0) is 11.6 Å². The molecule has 2 rings (SSSR count). The summed E-state index contributed by atoms with van der Waals surface area (Å²) in [6, 6.07) is 13.1. The van der Waals surface area contributed by atoms with Crippen LogP contribution in [0.3, 0.4) is 0 Å². The molecule has 0 spiro atoms. The highest BCUT2D eigenvalue weighted by atomic mass is 79.9. The van der Waals surface area contributed by atoms with Gasteiger partial charge in [0.2, 0.25) is 0 Å². The largest absolute Gasteiger partial charge is 0.490 e. The molecule has 1 atom stereocenters. The Morgan fingerprint density at radius 1 is 1.24 bits per heavy atom. The minimum absolute atomic E-state index is 0.0162. The van der Waals surface area contributed by atoms with Gasteiger partial charge in [0.05, 0.1) is 17.6 Å². The molecule has 0 saturated carbocycles. The molecule has 6 heteroatoms. The van der Waals surface area contributed by atoms with E-state index < -0.39 is 10.7 Å². The topological polar surface area (TPSA) is 52.4 Å². The summed E-state index contributed by atoms with van der Waals surface area (Å²) < 4.78 is 19.2. The monoisotopic (exact) mass is 353 g/mol. The van der Waals surface area contributed by atoms with Crippen molar-refractivity contribution in [2.24, 2.45) is 0 Å². The van der Waals surface area contributed by atoms with Gasteiger partial charge in [-0.3, -0.25) is 10.1 Å². The summed E-state index contributed by atoms with van der Waals surface area (Å²) in [5.41, 5.74) is 0.789. The predicted molar refractivity (Wildman–Crippen MR) is 81.5 cm³/mol. The fourth-order valence-electron chi connectivity index (χ4n) is 1.87. The molecule has 0 aromatic heterocycles. The van der Waals surface area contributed by atoms with Gasteiger partial charge in [-0.25, -0.2) is 4.39 Å². The van der Waals surface area contributed by atoms with E-state index in [4.69, 9.17) is 4.74 Å². The third-order valence-corrected chi connectivity index (χ3v) is 3.81. The highest BCUT2D eigenvalue weighted by Crippen LogP contribution is 2.25. The first-order valence-corrected chi connectivity index (χ1v) is 7.41. The van der Waals surface area contributed by atoms with Gasteiger partial charge in [0.1, 0.15) is 0 Å². The maximum absolute atomic E-state index is 13.7. The molecule has 0 aliphatic heterocycles. The zero-order valence-electron chi connectivity index (χ0n) is 11.0. The van der Waals surface area contributed by atoms with Crippen molar-refractivity contribution in [3.63, 3.8) is 0 Å². The van der Waals surface area contributed by atoms with Crippen LogP contribution in [0.1, 0.15) is 11.5 Å². The second-order valence-electron chi connectivity index (χ2n) is 4.44. The molecule has 0 amide bonds. The summed E-state index contributed by atoms with van der Waals surface area (Å²) in [7, 11) is 0. The van der Waals surface area contributed by atoms with Crippen molar-refractivity contribution in [2.45, 2.75) is 5.92 Å². The number of nitrogens with zero attached hydrogens (tertiary/aromatic N) is 1. The summed E-state index contributed by atoms with van der Waals surface area (Å²) in [6.07, 6.45) is 0. The molecule has 2 aromatic carbocycles. The number of nitro benzene ring substituents is 1. The van der Waals surface area contributed by atoms with Gasteiger partial charge >= 0.3 is 0 Å². The molecule has 0 aliphatic rings. The summed E-state index contributed by atoms with van der Waals surface area (Å²) in [4.78, 5) is 9.91. The van der Waals surface area contributed by atoms with Crippen LogP contribution in [-0.2, 0) is 0 Å². The standard InChI is InChI=1S/C15H13BrFNO3/c16-9-12(11-4-2-1-3-5-11)10-21-15-7-6-13(18(19)20)8-14(15)17/h1-8,12H,9-10H2. The molecule has 0 aliphatic carbocycles. The van der Waals surface area contributed by atoms with Crippen LogP contribution in [-0.4, -0.2) is 16.9 Å². The van der Waals surface area contributed by atoms with Crippen molar-refractivity contribution in [1.82, 2.24) is 0 Å². The molecule has 0 fully saturated rings. The fraction of sp³-hybridized carbons (Fsp3) is 0.200. The average molecular weight is 354 g/mol. The first-order valence-electron chi connectivity index (χ1n) is 6.29. The zero-order chi connectivity index (χ0) is 15.2. The van der Waals surface area contributed by atoms with Crippen LogP contribution in [0.25, 0.3) is 0 Å². The number of alkyl halides is 1. The Morgan fingerprint density at radius 2 is 1.95 bits per heavy atom. The molecule has 4 nitrogen and oxygen atoms in total. The van der Waals surface area contributed by atoms with Gasteiger partial charge in [0.15, 0.2) is 11.6 Å². The Hall–Kier alpha value is -1.95. The summed E-state index contributed by atoms with van der Waals surface area (Å²) in [5, 5.41) is 11.2. The first-order chi connectivity index (χ1) is 10.1. The highest BCUT2D eigenvalue weighted by Gasteiger charge is 2.15. The van der Waals surface area contributed by atoms with Crippen molar-refractivity contribution in [3.8, 4) is 5.75 Å². The smallest absolute Gasteiger partial charge is 0.272 e. The van der Waals surface area contributed by atoms with Crippen molar-refractivity contribution in [1.29, 1.82) is 0 Å². The second-order valence-corrected chi connectivity index (χ2v) is 5.09. The van der Waals surface area contributed by atoms with E-state index in [9.17, 15) is 14.5 Å². The molecule has 0 N–H and O–H groups in total. The summed E-state index contributed by atoms with van der Waals surface area (Å²) >= 11 is 3.41. The van der Waals surface area contributed by atoms with Crippen LogP contribution >= 0.6 is 15.9 Å². The van der Waals surface area contributed by atoms with Crippen molar-refractivity contribution >= 4 is 21.6 Å². The number of nitro groups is 1. The molecule has 1 unspecified atom stereocenters. The van der Waals surface area contributed by atoms with Gasteiger partial charge < -0.3 is 4.74 Å². The van der Waals surface area contributed by atoms with Gasteiger partial charge in [0, 0.05) is 17.3 Å². The zero-order valence-corrected chi connectivity index (χ0v) is 12.6. The summed E-state index contributed by atoms with van der Waals surface area (Å²) in [6.45, 7) is 0.282. The van der Waals surface area contributed by atoms with E-state index in [-0.39, 0.29) is 24.0 Å². The minimum atomic E-state index is -0.731. The first kappa shape index (κ1) is 15.4. The molecule has 0 saturated heterocycles. The second kappa shape index (κ2) is 7.17. The molecule has 21 heavy (non-hydrogen) atoms. The van der Waals surface area contributed by atoms with Gasteiger partial charge in [-0.2, -0.15) is 0 Å². The Kier molecular flexibility index (Phi) is 5.27. The van der Waals surface area contributed by atoms with Crippen molar-refractivity contribution < 1.29 is 14.1 Å². The lowest BCUT2D eigenvalue weighted by atomic mass is 10.0. The van der Waals surface area contributed by atoms with Crippen LogP contribution in [0.15, 0.2) is 48.5 Å². The van der Waals surface area contributed by atoms with Crippen LogP contribution < -0.4 is 4.74 Å². The minimum Gasteiger partial charge on any atom is -0.490 e. The van der Waals surface area contributed by atoms with Crippen LogP contribution in [0.2, 0.25) is 0 Å². The molecule has 110 valence electrons. The third kappa shape index (κ3) is 4.01. The highest BCUT2D eigenvalue weighted by molar-refractivity contribution is 9.09. The lowest BCUT2D eigenvalue weighted by Crippen LogP contribution is -2.12. The lowest BCUT2D eigenvalue weighted by molar-refractivity contribution is -0.385. The van der Waals surface area contributed by atoms with E-state index in [0.717, 1.165) is 11.6 Å². The maximum atomic E-state index is 13.7. The van der Waals surface area contributed by atoms with Gasteiger partial charge in [-0.1, -0.05) is 46.3 Å². The number of halogens is 2. The maximum Gasteiger partial charge on any atom is 0.272 e. The van der Waals surface area contributed by atoms with E-state index in [2.05, 4.69) is 15.9 Å². The number of rotatable bonds is 6. The number of non-ortho nitro benzene ring substituents is 1. The predicted octanol–water partition coefficient (Wildman–Crippen LogP) is 4.29. The quantitative estimate of drug-likeness (QED) is 0.442. The van der Waals surface area contributed by atoms with Crippen LogP contribution in [0.5, 0.6) is 5.75 Å². The molecule has 0 radical (unpaired) electrons. The number of benzene rings is 2. The number of hydrogen-bond acceptors (Lipinski definition) is 3. The number of ether oxygens (including phenoxy) is 1.